The molecule has 3 nitrogen and oxygen atoms in total. The van der Waals surface area contributed by atoms with Crippen molar-refractivity contribution in [3.63, 3.8) is 0 Å². The predicted molar refractivity (Wildman–Crippen MR) is 65.7 cm³/mol. The third-order valence-electron chi connectivity index (χ3n) is 2.85. The van der Waals surface area contributed by atoms with Gasteiger partial charge < -0.3 is 10.2 Å². The van der Waals surface area contributed by atoms with E-state index < -0.39 is 5.82 Å². The van der Waals surface area contributed by atoms with Crippen molar-refractivity contribution in [2.45, 2.75) is 18.9 Å². The lowest BCUT2D eigenvalue weighted by molar-refractivity contribution is -0.128. The summed E-state index contributed by atoms with van der Waals surface area (Å²) in [5.41, 5.74) is 0.560. The highest BCUT2D eigenvalue weighted by molar-refractivity contribution is 6.30. The first-order chi connectivity index (χ1) is 8.08. The molecule has 0 aliphatic heterocycles. The summed E-state index contributed by atoms with van der Waals surface area (Å²) in [6.07, 6.45) is 2.16. The maximum absolute atomic E-state index is 13.1. The van der Waals surface area contributed by atoms with Gasteiger partial charge in [0.25, 0.3) is 0 Å². The third-order valence-corrected chi connectivity index (χ3v) is 3.16. The Morgan fingerprint density at radius 1 is 1.59 bits per heavy atom. The summed E-state index contributed by atoms with van der Waals surface area (Å²) in [7, 11) is 1.80. The topological polar surface area (TPSA) is 32.3 Å². The van der Waals surface area contributed by atoms with Crippen LogP contribution in [0, 0.1) is 5.82 Å². The van der Waals surface area contributed by atoms with Crippen molar-refractivity contribution in [1.82, 2.24) is 4.90 Å². The average Bonchev–Trinajstić information content (AvgIpc) is 3.13. The molecule has 2 rings (SSSR count). The average molecular weight is 257 g/mol. The molecule has 1 fully saturated rings. The molecule has 5 heteroatoms. The standard InChI is InChI=1S/C12H14ClFN2O/c1-16(9-3-4-9)12(17)7-15-8-2-5-10(13)11(14)6-8/h2,5-6,9,15H,3-4,7H2,1H3. The van der Waals surface area contributed by atoms with Crippen molar-refractivity contribution in [2.24, 2.45) is 0 Å². The molecule has 1 aliphatic carbocycles. The van der Waals surface area contributed by atoms with Gasteiger partial charge >= 0.3 is 0 Å². The maximum Gasteiger partial charge on any atom is 0.241 e. The van der Waals surface area contributed by atoms with E-state index >= 15 is 0 Å². The molecule has 0 saturated heterocycles. The lowest BCUT2D eigenvalue weighted by Crippen LogP contribution is -2.33. The SMILES string of the molecule is CN(C(=O)CNc1ccc(Cl)c(F)c1)C1CC1. The van der Waals surface area contributed by atoms with Crippen LogP contribution in [-0.2, 0) is 4.79 Å². The minimum atomic E-state index is -0.486. The Morgan fingerprint density at radius 2 is 2.29 bits per heavy atom. The molecule has 17 heavy (non-hydrogen) atoms. The maximum atomic E-state index is 13.1. The molecular weight excluding hydrogens is 243 g/mol. The molecule has 92 valence electrons. The molecular formula is C12H14ClFN2O. The van der Waals surface area contributed by atoms with Crippen LogP contribution in [0.3, 0.4) is 0 Å². The number of carbonyl (C=O) groups is 1. The highest BCUT2D eigenvalue weighted by atomic mass is 35.5. The summed E-state index contributed by atoms with van der Waals surface area (Å²) >= 11 is 5.57. The number of anilines is 1. The smallest absolute Gasteiger partial charge is 0.241 e. The molecule has 1 aromatic carbocycles. The van der Waals surface area contributed by atoms with E-state index in [9.17, 15) is 9.18 Å². The number of rotatable bonds is 4. The molecule has 1 aromatic rings. The van der Waals surface area contributed by atoms with Gasteiger partial charge in [0.05, 0.1) is 11.6 Å². The van der Waals surface area contributed by atoms with E-state index in [1.165, 1.54) is 12.1 Å². The molecule has 1 aliphatic rings. The van der Waals surface area contributed by atoms with Gasteiger partial charge in [-0.25, -0.2) is 4.39 Å². The normalized spacial score (nSPS) is 14.5. The first kappa shape index (κ1) is 12.2. The largest absolute Gasteiger partial charge is 0.376 e. The molecule has 0 unspecified atom stereocenters. The van der Waals surface area contributed by atoms with Gasteiger partial charge in [-0.3, -0.25) is 4.79 Å². The fraction of sp³-hybridized carbons (Fsp3) is 0.417. The van der Waals surface area contributed by atoms with Crippen LogP contribution in [-0.4, -0.2) is 30.4 Å². The number of hydrogen-bond acceptors (Lipinski definition) is 2. The van der Waals surface area contributed by atoms with E-state index in [1.54, 1.807) is 18.0 Å². The summed E-state index contributed by atoms with van der Waals surface area (Å²) in [6.45, 7) is 0.175. The quantitative estimate of drug-likeness (QED) is 0.898. The molecule has 0 spiro atoms. The number of nitrogens with one attached hydrogen (secondary N) is 1. The van der Waals surface area contributed by atoms with E-state index in [2.05, 4.69) is 5.32 Å². The number of amides is 1. The Labute approximate surface area is 105 Å². The first-order valence-corrected chi connectivity index (χ1v) is 5.90. The first-order valence-electron chi connectivity index (χ1n) is 5.52. The van der Waals surface area contributed by atoms with Crippen molar-refractivity contribution in [3.05, 3.63) is 29.0 Å². The zero-order valence-electron chi connectivity index (χ0n) is 9.54. The zero-order chi connectivity index (χ0) is 12.4. The summed E-state index contributed by atoms with van der Waals surface area (Å²) in [5.74, 6) is -0.470. The van der Waals surface area contributed by atoms with Crippen molar-refractivity contribution in [3.8, 4) is 0 Å². The molecule has 1 N–H and O–H groups in total. The van der Waals surface area contributed by atoms with Gasteiger partial charge in [-0.15, -0.1) is 0 Å². The van der Waals surface area contributed by atoms with E-state index in [-0.39, 0.29) is 17.5 Å². The second-order valence-electron chi connectivity index (χ2n) is 4.22. The van der Waals surface area contributed by atoms with Gasteiger partial charge in [-0.05, 0) is 31.0 Å². The highest BCUT2D eigenvalue weighted by Crippen LogP contribution is 2.25. The third kappa shape index (κ3) is 3.09. The van der Waals surface area contributed by atoms with E-state index in [0.29, 0.717) is 11.7 Å². The van der Waals surface area contributed by atoms with E-state index in [0.717, 1.165) is 12.8 Å². The van der Waals surface area contributed by atoms with Crippen molar-refractivity contribution >= 4 is 23.2 Å². The monoisotopic (exact) mass is 256 g/mol. The van der Waals surface area contributed by atoms with Gasteiger partial charge in [-0.1, -0.05) is 11.6 Å². The Hall–Kier alpha value is -1.29. The number of nitrogens with zero attached hydrogens (tertiary/aromatic N) is 1. The highest BCUT2D eigenvalue weighted by Gasteiger charge is 2.29. The van der Waals surface area contributed by atoms with Crippen molar-refractivity contribution in [1.29, 1.82) is 0 Å². The number of carbonyl (C=O) groups excluding carboxylic acids is 1. The summed E-state index contributed by atoms with van der Waals surface area (Å²) in [5, 5.41) is 2.97. The number of hydrogen-bond donors (Lipinski definition) is 1. The molecule has 1 amide bonds. The minimum Gasteiger partial charge on any atom is -0.376 e. The van der Waals surface area contributed by atoms with Crippen LogP contribution in [0.15, 0.2) is 18.2 Å². The second-order valence-corrected chi connectivity index (χ2v) is 4.63. The van der Waals surface area contributed by atoms with Crippen LogP contribution in [0.25, 0.3) is 0 Å². The zero-order valence-corrected chi connectivity index (χ0v) is 10.3. The Morgan fingerprint density at radius 3 is 2.88 bits per heavy atom. The summed E-state index contributed by atoms with van der Waals surface area (Å²) in [4.78, 5) is 13.4. The number of likely N-dealkylation sites (N-methyl/N-ethyl adjacent to an activating group) is 1. The Balaban J connectivity index is 1.88. The van der Waals surface area contributed by atoms with Crippen LogP contribution in [0.2, 0.25) is 5.02 Å². The van der Waals surface area contributed by atoms with Gasteiger partial charge in [0.15, 0.2) is 0 Å². The molecule has 1 saturated carbocycles. The molecule has 0 bridgehead atoms. The lowest BCUT2D eigenvalue weighted by atomic mass is 10.3. The lowest BCUT2D eigenvalue weighted by Gasteiger charge is -2.16. The van der Waals surface area contributed by atoms with E-state index in [4.69, 9.17) is 11.6 Å². The van der Waals surface area contributed by atoms with Crippen LogP contribution in [0.1, 0.15) is 12.8 Å². The van der Waals surface area contributed by atoms with Gasteiger partial charge in [0.2, 0.25) is 5.91 Å². The van der Waals surface area contributed by atoms with E-state index in [1.807, 2.05) is 0 Å². The summed E-state index contributed by atoms with van der Waals surface area (Å²) in [6, 6.07) is 4.79. The second kappa shape index (κ2) is 4.92. The fourth-order valence-electron chi connectivity index (χ4n) is 1.57. The van der Waals surface area contributed by atoms with Gasteiger partial charge in [0.1, 0.15) is 5.82 Å². The van der Waals surface area contributed by atoms with Crippen molar-refractivity contribution in [2.75, 3.05) is 18.9 Å². The van der Waals surface area contributed by atoms with Gasteiger partial charge in [-0.2, -0.15) is 0 Å². The predicted octanol–water partition coefficient (Wildman–Crippen LogP) is 2.51. The molecule has 0 radical (unpaired) electrons. The minimum absolute atomic E-state index is 0.0165. The van der Waals surface area contributed by atoms with Crippen LogP contribution >= 0.6 is 11.6 Å². The van der Waals surface area contributed by atoms with Crippen LogP contribution < -0.4 is 5.32 Å². The number of halogens is 2. The van der Waals surface area contributed by atoms with Crippen molar-refractivity contribution < 1.29 is 9.18 Å². The molecule has 0 aromatic heterocycles. The molecule has 0 atom stereocenters. The van der Waals surface area contributed by atoms with Crippen LogP contribution in [0.4, 0.5) is 10.1 Å². The van der Waals surface area contributed by atoms with Crippen LogP contribution in [0.5, 0.6) is 0 Å². The Kier molecular flexibility index (Phi) is 3.52. The Bertz CT molecular complexity index is 435. The fourth-order valence-corrected chi connectivity index (χ4v) is 1.69. The summed E-state index contributed by atoms with van der Waals surface area (Å²) < 4.78 is 13.1. The molecule has 0 heterocycles. The van der Waals surface area contributed by atoms with Gasteiger partial charge in [0, 0.05) is 18.8 Å². The number of benzene rings is 1.